The lowest BCUT2D eigenvalue weighted by molar-refractivity contribution is -0.136. The van der Waals surface area contributed by atoms with Gasteiger partial charge in [-0.3, -0.25) is 24.1 Å². The van der Waals surface area contributed by atoms with E-state index < -0.39 is 24.3 Å². The predicted octanol–water partition coefficient (Wildman–Crippen LogP) is 3.11. The van der Waals surface area contributed by atoms with Gasteiger partial charge in [-0.1, -0.05) is 30.3 Å². The maximum Gasteiger partial charge on any atom is 0.262 e. The number of hydrogen-bond acceptors (Lipinski definition) is 4. The molecule has 2 atom stereocenters. The molecule has 0 bridgehead atoms. The van der Waals surface area contributed by atoms with E-state index in [2.05, 4.69) is 0 Å². The molecular formula is C25H27N3O4. The summed E-state index contributed by atoms with van der Waals surface area (Å²) in [7, 11) is 0. The topological polar surface area (TPSA) is 78.0 Å². The quantitative estimate of drug-likeness (QED) is 0.679. The van der Waals surface area contributed by atoms with E-state index in [1.54, 1.807) is 48.5 Å². The standard InChI is InChI=1S/C25H27N3O4/c1-17-9-8-10-18(2)28(17)23(30)16-26(19-11-4-3-5-12-19)22(29)15-27-24(31)20-13-6-7-14-21(20)25(27)32/h3-7,11-14,17-18H,8-10,15-16H2,1-2H3. The van der Waals surface area contributed by atoms with E-state index in [9.17, 15) is 19.2 Å². The second kappa shape index (κ2) is 8.94. The molecule has 7 heteroatoms. The second-order valence-electron chi connectivity index (χ2n) is 8.49. The lowest BCUT2D eigenvalue weighted by atomic mass is 9.97. The van der Waals surface area contributed by atoms with Crippen LogP contribution in [0.5, 0.6) is 0 Å². The van der Waals surface area contributed by atoms with Gasteiger partial charge in [0.1, 0.15) is 13.1 Å². The zero-order valence-corrected chi connectivity index (χ0v) is 18.4. The van der Waals surface area contributed by atoms with Crippen LogP contribution < -0.4 is 4.90 Å². The first-order valence-corrected chi connectivity index (χ1v) is 11.0. The van der Waals surface area contributed by atoms with E-state index >= 15 is 0 Å². The summed E-state index contributed by atoms with van der Waals surface area (Å²) in [6, 6.07) is 15.6. The second-order valence-corrected chi connectivity index (χ2v) is 8.49. The van der Waals surface area contributed by atoms with Gasteiger partial charge in [0.2, 0.25) is 11.8 Å². The van der Waals surface area contributed by atoms with Crippen molar-refractivity contribution in [1.82, 2.24) is 9.80 Å². The molecule has 166 valence electrons. The normalized spacial score (nSPS) is 20.3. The number of fused-ring (bicyclic) bond motifs is 1. The number of anilines is 1. The minimum absolute atomic E-state index is 0.107. The third-order valence-electron chi connectivity index (χ3n) is 6.32. The Labute approximate surface area is 187 Å². The van der Waals surface area contributed by atoms with Gasteiger partial charge in [0, 0.05) is 17.8 Å². The summed E-state index contributed by atoms with van der Waals surface area (Å²) >= 11 is 0. The average Bonchev–Trinajstić information content (AvgIpc) is 3.03. The van der Waals surface area contributed by atoms with Crippen molar-refractivity contribution in [3.63, 3.8) is 0 Å². The number of imide groups is 1. The molecule has 0 N–H and O–H groups in total. The molecule has 2 aliphatic heterocycles. The molecule has 2 aliphatic rings. The summed E-state index contributed by atoms with van der Waals surface area (Å²) in [5, 5.41) is 0. The fourth-order valence-electron chi connectivity index (χ4n) is 4.66. The van der Waals surface area contributed by atoms with Crippen LogP contribution in [0.3, 0.4) is 0 Å². The van der Waals surface area contributed by atoms with Crippen molar-refractivity contribution in [1.29, 1.82) is 0 Å². The van der Waals surface area contributed by atoms with Gasteiger partial charge in [0.05, 0.1) is 11.1 Å². The fourth-order valence-corrected chi connectivity index (χ4v) is 4.66. The molecule has 4 rings (SSSR count). The number of para-hydroxylation sites is 1. The molecule has 32 heavy (non-hydrogen) atoms. The van der Waals surface area contributed by atoms with Crippen LogP contribution in [0.4, 0.5) is 5.69 Å². The van der Waals surface area contributed by atoms with Crippen LogP contribution in [-0.4, -0.2) is 58.6 Å². The van der Waals surface area contributed by atoms with E-state index in [-0.39, 0.29) is 24.5 Å². The van der Waals surface area contributed by atoms with Gasteiger partial charge in [-0.25, -0.2) is 0 Å². The molecule has 2 heterocycles. The Morgan fingerprint density at radius 1 is 0.875 bits per heavy atom. The number of nitrogens with zero attached hydrogens (tertiary/aromatic N) is 3. The number of carbonyl (C=O) groups excluding carboxylic acids is 4. The Kier molecular flexibility index (Phi) is 6.08. The molecule has 2 aromatic carbocycles. The van der Waals surface area contributed by atoms with E-state index in [1.165, 1.54) is 4.90 Å². The first-order valence-electron chi connectivity index (χ1n) is 11.0. The van der Waals surface area contributed by atoms with Crippen molar-refractivity contribution < 1.29 is 19.2 Å². The highest BCUT2D eigenvalue weighted by Gasteiger charge is 2.38. The molecular weight excluding hydrogens is 406 g/mol. The predicted molar refractivity (Wildman–Crippen MR) is 120 cm³/mol. The molecule has 0 saturated carbocycles. The zero-order chi connectivity index (χ0) is 22.8. The van der Waals surface area contributed by atoms with Gasteiger partial charge in [-0.15, -0.1) is 0 Å². The maximum absolute atomic E-state index is 13.3. The van der Waals surface area contributed by atoms with Gasteiger partial charge in [-0.05, 0) is 57.4 Å². The third kappa shape index (κ3) is 4.02. The molecule has 7 nitrogen and oxygen atoms in total. The lowest BCUT2D eigenvalue weighted by Crippen LogP contribution is -2.53. The van der Waals surface area contributed by atoms with Crippen LogP contribution >= 0.6 is 0 Å². The molecule has 1 fully saturated rings. The highest BCUT2D eigenvalue weighted by molar-refractivity contribution is 6.22. The summed E-state index contributed by atoms with van der Waals surface area (Å²) in [5.74, 6) is -1.59. The number of benzene rings is 2. The number of hydrogen-bond donors (Lipinski definition) is 0. The Morgan fingerprint density at radius 2 is 1.41 bits per heavy atom. The Hall–Kier alpha value is -3.48. The van der Waals surface area contributed by atoms with Gasteiger partial charge in [-0.2, -0.15) is 0 Å². The van der Waals surface area contributed by atoms with Crippen molar-refractivity contribution in [3.05, 3.63) is 65.7 Å². The van der Waals surface area contributed by atoms with Crippen LogP contribution in [0, 0.1) is 0 Å². The Balaban J connectivity index is 1.56. The van der Waals surface area contributed by atoms with Crippen molar-refractivity contribution in [2.45, 2.75) is 45.2 Å². The molecule has 4 amide bonds. The van der Waals surface area contributed by atoms with E-state index in [0.717, 1.165) is 24.2 Å². The third-order valence-corrected chi connectivity index (χ3v) is 6.32. The maximum atomic E-state index is 13.3. The fraction of sp³-hybridized carbons (Fsp3) is 0.360. The van der Waals surface area contributed by atoms with Gasteiger partial charge < -0.3 is 9.80 Å². The molecule has 2 unspecified atom stereocenters. The number of piperidine rings is 1. The highest BCUT2D eigenvalue weighted by Crippen LogP contribution is 2.25. The number of rotatable bonds is 5. The minimum Gasteiger partial charge on any atom is -0.336 e. The van der Waals surface area contributed by atoms with Crippen molar-refractivity contribution in [3.8, 4) is 0 Å². The summed E-state index contributed by atoms with van der Waals surface area (Å²) in [6.45, 7) is 3.50. The molecule has 0 spiro atoms. The first-order chi connectivity index (χ1) is 15.4. The number of carbonyl (C=O) groups is 4. The summed E-state index contributed by atoms with van der Waals surface area (Å²) in [5.41, 5.74) is 1.15. The largest absolute Gasteiger partial charge is 0.336 e. The van der Waals surface area contributed by atoms with Crippen LogP contribution in [-0.2, 0) is 9.59 Å². The average molecular weight is 434 g/mol. The summed E-state index contributed by atoms with van der Waals surface area (Å²) in [6.07, 6.45) is 2.95. The lowest BCUT2D eigenvalue weighted by Gasteiger charge is -2.40. The van der Waals surface area contributed by atoms with E-state index in [1.807, 2.05) is 24.8 Å². The highest BCUT2D eigenvalue weighted by atomic mass is 16.2. The summed E-state index contributed by atoms with van der Waals surface area (Å²) < 4.78 is 0. The number of amides is 4. The molecule has 1 saturated heterocycles. The SMILES string of the molecule is CC1CCCC(C)N1C(=O)CN(C(=O)CN1C(=O)c2ccccc2C1=O)c1ccccc1. The monoisotopic (exact) mass is 433 g/mol. The first kappa shape index (κ1) is 21.7. The molecule has 0 aromatic heterocycles. The van der Waals surface area contributed by atoms with Crippen molar-refractivity contribution in [2.24, 2.45) is 0 Å². The van der Waals surface area contributed by atoms with Gasteiger partial charge >= 0.3 is 0 Å². The zero-order valence-electron chi connectivity index (χ0n) is 18.4. The molecule has 0 radical (unpaired) electrons. The van der Waals surface area contributed by atoms with Crippen molar-refractivity contribution in [2.75, 3.05) is 18.0 Å². The Bertz CT molecular complexity index is 1010. The van der Waals surface area contributed by atoms with Crippen LogP contribution in [0.25, 0.3) is 0 Å². The van der Waals surface area contributed by atoms with Gasteiger partial charge in [0.15, 0.2) is 0 Å². The molecule has 0 aliphatic carbocycles. The van der Waals surface area contributed by atoms with Crippen LogP contribution in [0.1, 0.15) is 53.8 Å². The number of likely N-dealkylation sites (tertiary alicyclic amines) is 1. The van der Waals surface area contributed by atoms with E-state index in [0.29, 0.717) is 16.8 Å². The van der Waals surface area contributed by atoms with Crippen LogP contribution in [0.2, 0.25) is 0 Å². The van der Waals surface area contributed by atoms with Gasteiger partial charge in [0.25, 0.3) is 11.8 Å². The summed E-state index contributed by atoms with van der Waals surface area (Å²) in [4.78, 5) is 56.2. The van der Waals surface area contributed by atoms with Crippen LogP contribution in [0.15, 0.2) is 54.6 Å². The van der Waals surface area contributed by atoms with Crippen molar-refractivity contribution >= 4 is 29.3 Å². The minimum atomic E-state index is -0.489. The molecule has 2 aromatic rings. The van der Waals surface area contributed by atoms with E-state index in [4.69, 9.17) is 0 Å². The Morgan fingerprint density at radius 3 is 1.97 bits per heavy atom. The smallest absolute Gasteiger partial charge is 0.262 e.